The average Bonchev–Trinajstić information content (AvgIpc) is 2.56. The standard InChI is InChI=1S/C17H20N2O4S/c1-13(12-23-2)18-17(20)15-10-6-7-11-16(15)19-24(21,22)14-8-4-3-5-9-14/h3-11,13,19H,12H2,1-2H3,(H,18,20)/t13-/m0/s1. The van der Waals surface area contributed by atoms with Gasteiger partial charge in [0.2, 0.25) is 0 Å². The summed E-state index contributed by atoms with van der Waals surface area (Å²) >= 11 is 0. The zero-order valence-corrected chi connectivity index (χ0v) is 14.3. The summed E-state index contributed by atoms with van der Waals surface area (Å²) < 4.78 is 32.3. The minimum Gasteiger partial charge on any atom is -0.383 e. The molecule has 0 aromatic heterocycles. The van der Waals surface area contributed by atoms with Gasteiger partial charge < -0.3 is 10.1 Å². The fourth-order valence-corrected chi connectivity index (χ4v) is 3.27. The zero-order chi connectivity index (χ0) is 17.6. The van der Waals surface area contributed by atoms with Crippen molar-refractivity contribution in [2.45, 2.75) is 17.9 Å². The molecule has 7 heteroatoms. The highest BCUT2D eigenvalue weighted by molar-refractivity contribution is 7.92. The van der Waals surface area contributed by atoms with Gasteiger partial charge in [-0.1, -0.05) is 30.3 Å². The third-order valence-electron chi connectivity index (χ3n) is 3.26. The van der Waals surface area contributed by atoms with Crippen molar-refractivity contribution in [3.63, 3.8) is 0 Å². The number of para-hydroxylation sites is 1. The van der Waals surface area contributed by atoms with Crippen molar-refractivity contribution in [2.75, 3.05) is 18.4 Å². The van der Waals surface area contributed by atoms with Crippen molar-refractivity contribution in [3.05, 3.63) is 60.2 Å². The van der Waals surface area contributed by atoms with Crippen molar-refractivity contribution in [3.8, 4) is 0 Å². The number of carbonyl (C=O) groups is 1. The Morgan fingerprint density at radius 3 is 2.38 bits per heavy atom. The Labute approximate surface area is 141 Å². The molecule has 0 saturated carbocycles. The smallest absolute Gasteiger partial charge is 0.261 e. The molecule has 0 fully saturated rings. The molecule has 0 unspecified atom stereocenters. The van der Waals surface area contributed by atoms with E-state index in [1.165, 1.54) is 12.1 Å². The number of anilines is 1. The molecule has 1 atom stereocenters. The van der Waals surface area contributed by atoms with E-state index in [0.29, 0.717) is 6.61 Å². The van der Waals surface area contributed by atoms with Crippen molar-refractivity contribution in [1.82, 2.24) is 5.32 Å². The van der Waals surface area contributed by atoms with Gasteiger partial charge in [-0.05, 0) is 31.2 Å². The average molecular weight is 348 g/mol. The highest BCUT2D eigenvalue weighted by Gasteiger charge is 2.19. The molecular weight excluding hydrogens is 328 g/mol. The van der Waals surface area contributed by atoms with Gasteiger partial charge in [0.05, 0.1) is 22.8 Å². The molecule has 2 aromatic carbocycles. The molecule has 128 valence electrons. The van der Waals surface area contributed by atoms with E-state index >= 15 is 0 Å². The Morgan fingerprint density at radius 1 is 1.08 bits per heavy atom. The molecule has 0 aliphatic rings. The van der Waals surface area contributed by atoms with Gasteiger partial charge in [0, 0.05) is 13.2 Å². The van der Waals surface area contributed by atoms with Gasteiger partial charge in [-0.15, -0.1) is 0 Å². The molecule has 0 spiro atoms. The Hall–Kier alpha value is -2.38. The molecule has 0 bridgehead atoms. The van der Waals surface area contributed by atoms with Crippen LogP contribution in [0.25, 0.3) is 0 Å². The summed E-state index contributed by atoms with van der Waals surface area (Å²) in [6, 6.07) is 14.3. The zero-order valence-electron chi connectivity index (χ0n) is 13.5. The minimum absolute atomic E-state index is 0.132. The minimum atomic E-state index is -3.76. The maximum Gasteiger partial charge on any atom is 0.261 e. The number of carbonyl (C=O) groups excluding carboxylic acids is 1. The quantitative estimate of drug-likeness (QED) is 0.804. The second-order valence-electron chi connectivity index (χ2n) is 5.29. The maximum absolute atomic E-state index is 12.4. The molecule has 0 aliphatic heterocycles. The molecule has 2 N–H and O–H groups in total. The molecule has 0 saturated heterocycles. The van der Waals surface area contributed by atoms with Gasteiger partial charge in [-0.2, -0.15) is 0 Å². The Morgan fingerprint density at radius 2 is 1.71 bits per heavy atom. The van der Waals surface area contributed by atoms with Crippen LogP contribution in [0.5, 0.6) is 0 Å². The van der Waals surface area contributed by atoms with Gasteiger partial charge in [-0.3, -0.25) is 9.52 Å². The van der Waals surface area contributed by atoms with Crippen LogP contribution in [-0.4, -0.2) is 34.1 Å². The molecule has 0 radical (unpaired) electrons. The number of hydrogen-bond donors (Lipinski definition) is 2. The number of methoxy groups -OCH3 is 1. The lowest BCUT2D eigenvalue weighted by Gasteiger charge is -2.16. The van der Waals surface area contributed by atoms with Crippen LogP contribution >= 0.6 is 0 Å². The van der Waals surface area contributed by atoms with Crippen molar-refractivity contribution >= 4 is 21.6 Å². The van der Waals surface area contributed by atoms with Gasteiger partial charge in [0.1, 0.15) is 0 Å². The summed E-state index contributed by atoms with van der Waals surface area (Å²) in [5.74, 6) is -0.370. The number of hydrogen-bond acceptors (Lipinski definition) is 4. The van der Waals surface area contributed by atoms with Gasteiger partial charge in [0.15, 0.2) is 0 Å². The molecule has 6 nitrogen and oxygen atoms in total. The fraction of sp³-hybridized carbons (Fsp3) is 0.235. The SMILES string of the molecule is COC[C@H](C)NC(=O)c1ccccc1NS(=O)(=O)c1ccccc1. The van der Waals surface area contributed by atoms with E-state index in [-0.39, 0.29) is 28.1 Å². The number of ether oxygens (including phenoxy) is 1. The molecule has 1 amide bonds. The molecular formula is C17H20N2O4S. The van der Waals surface area contributed by atoms with Crippen molar-refractivity contribution < 1.29 is 17.9 Å². The summed E-state index contributed by atoms with van der Waals surface area (Å²) in [5, 5.41) is 2.76. The molecule has 24 heavy (non-hydrogen) atoms. The molecule has 2 aromatic rings. The largest absolute Gasteiger partial charge is 0.383 e. The first-order valence-corrected chi connectivity index (χ1v) is 8.89. The first-order valence-electron chi connectivity index (χ1n) is 7.40. The third-order valence-corrected chi connectivity index (χ3v) is 4.65. The first-order chi connectivity index (χ1) is 11.4. The number of amides is 1. The summed E-state index contributed by atoms with van der Waals surface area (Å²) in [7, 11) is -2.22. The second kappa shape index (κ2) is 7.94. The van der Waals surface area contributed by atoms with Crippen LogP contribution in [0.4, 0.5) is 5.69 Å². The summed E-state index contributed by atoms with van der Waals surface area (Å²) in [5.41, 5.74) is 0.475. The van der Waals surface area contributed by atoms with Crippen LogP contribution in [-0.2, 0) is 14.8 Å². The van der Waals surface area contributed by atoms with Crippen LogP contribution in [0.1, 0.15) is 17.3 Å². The van der Waals surface area contributed by atoms with Crippen molar-refractivity contribution in [1.29, 1.82) is 0 Å². The molecule has 0 aliphatic carbocycles. The van der Waals surface area contributed by atoms with Crippen LogP contribution in [0, 0.1) is 0 Å². The molecule has 0 heterocycles. The van der Waals surface area contributed by atoms with E-state index in [9.17, 15) is 13.2 Å². The van der Waals surface area contributed by atoms with E-state index in [2.05, 4.69) is 10.0 Å². The lowest BCUT2D eigenvalue weighted by Crippen LogP contribution is -2.36. The predicted molar refractivity (Wildman–Crippen MR) is 92.5 cm³/mol. The lowest BCUT2D eigenvalue weighted by molar-refractivity contribution is 0.0906. The van der Waals surface area contributed by atoms with Crippen molar-refractivity contribution in [2.24, 2.45) is 0 Å². The highest BCUT2D eigenvalue weighted by Crippen LogP contribution is 2.20. The van der Waals surface area contributed by atoms with E-state index in [1.54, 1.807) is 56.5 Å². The second-order valence-corrected chi connectivity index (χ2v) is 6.98. The van der Waals surface area contributed by atoms with E-state index < -0.39 is 10.0 Å². The Bertz CT molecular complexity index is 791. The van der Waals surface area contributed by atoms with Crippen LogP contribution < -0.4 is 10.0 Å². The van der Waals surface area contributed by atoms with E-state index in [4.69, 9.17) is 4.74 Å². The normalized spacial score (nSPS) is 12.4. The predicted octanol–water partition coefficient (Wildman–Crippen LogP) is 2.25. The van der Waals surface area contributed by atoms with Gasteiger partial charge in [-0.25, -0.2) is 8.42 Å². The topological polar surface area (TPSA) is 84.5 Å². The number of sulfonamides is 1. The van der Waals surface area contributed by atoms with Gasteiger partial charge >= 0.3 is 0 Å². The van der Waals surface area contributed by atoms with Crippen LogP contribution in [0.3, 0.4) is 0 Å². The summed E-state index contributed by atoms with van der Waals surface area (Å²) in [4.78, 5) is 12.5. The lowest BCUT2D eigenvalue weighted by atomic mass is 10.1. The van der Waals surface area contributed by atoms with Gasteiger partial charge in [0.25, 0.3) is 15.9 Å². The number of rotatable bonds is 7. The van der Waals surface area contributed by atoms with Crippen LogP contribution in [0.15, 0.2) is 59.5 Å². The summed E-state index contributed by atoms with van der Waals surface area (Å²) in [6.07, 6.45) is 0. The molecule has 2 rings (SSSR count). The van der Waals surface area contributed by atoms with E-state index in [0.717, 1.165) is 0 Å². The Kier molecular flexibility index (Phi) is 5.94. The highest BCUT2D eigenvalue weighted by atomic mass is 32.2. The monoisotopic (exact) mass is 348 g/mol. The Balaban J connectivity index is 2.25. The first kappa shape index (κ1) is 18.0. The number of benzene rings is 2. The maximum atomic E-state index is 12.4. The fourth-order valence-electron chi connectivity index (χ4n) is 2.17. The summed E-state index contributed by atoms with van der Waals surface area (Å²) in [6.45, 7) is 2.17. The van der Waals surface area contributed by atoms with Crippen LogP contribution in [0.2, 0.25) is 0 Å². The van der Waals surface area contributed by atoms with E-state index in [1.807, 2.05) is 0 Å². The third kappa shape index (κ3) is 4.56. The number of nitrogens with one attached hydrogen (secondary N) is 2.